The first-order chi connectivity index (χ1) is 15.2. The fraction of sp³-hybridized carbons (Fsp3) is 0.154. The van der Waals surface area contributed by atoms with Gasteiger partial charge in [0, 0.05) is 19.0 Å². The van der Waals surface area contributed by atoms with Gasteiger partial charge in [0.25, 0.3) is 5.91 Å². The highest BCUT2D eigenvalue weighted by molar-refractivity contribution is 7.97. The first-order valence-electron chi connectivity index (χ1n) is 10.5. The number of rotatable bonds is 5. The highest BCUT2D eigenvalue weighted by Crippen LogP contribution is 2.62. The lowest BCUT2D eigenvalue weighted by molar-refractivity contribution is -0.116. The zero-order chi connectivity index (χ0) is 21.3. The zero-order valence-corrected chi connectivity index (χ0v) is 18.3. The molecular formula is C26H24N2O2P+. The maximum atomic E-state index is 14.0. The molecule has 1 aliphatic rings. The predicted octanol–water partition coefficient (Wildman–Crippen LogP) is 4.08. The molecule has 1 fully saturated rings. The number of nitrogens with zero attached hydrogens (tertiary/aromatic N) is 2. The number of hydrogen-bond acceptors (Lipinski definition) is 3. The van der Waals surface area contributed by atoms with E-state index in [0.717, 1.165) is 6.42 Å². The van der Waals surface area contributed by atoms with Gasteiger partial charge >= 0.3 is 0 Å². The summed E-state index contributed by atoms with van der Waals surface area (Å²) in [6.07, 6.45) is 0.775. The van der Waals surface area contributed by atoms with Crippen LogP contribution in [0.1, 0.15) is 12.2 Å². The molecule has 154 valence electrons. The lowest BCUT2D eigenvalue weighted by Crippen LogP contribution is -2.43. The third kappa shape index (κ3) is 3.28. The maximum Gasteiger partial charge on any atom is 0.270 e. The molecule has 3 aromatic carbocycles. The van der Waals surface area contributed by atoms with Crippen LogP contribution in [0.4, 0.5) is 5.82 Å². The highest BCUT2D eigenvalue weighted by atomic mass is 31.2. The monoisotopic (exact) mass is 427 g/mol. The number of carbonyl (C=O) groups excluding carboxylic acids is 1. The van der Waals surface area contributed by atoms with Gasteiger partial charge in [-0.3, -0.25) is 9.69 Å². The van der Waals surface area contributed by atoms with Crippen LogP contribution in [0.15, 0.2) is 102 Å². The standard InChI is InChI=1S/C26H24N2O2P/c1-20-19-25(27-30-20)28-18-17-24(26(28)29)31(21-11-5-2-6-12-21,22-13-7-3-8-14-22)23-15-9-4-10-16-23/h2-16,19,24H,17-18H2,1H3/q+1/t24-/m1/s1. The third-order valence-electron chi connectivity index (χ3n) is 6.03. The second-order valence-electron chi connectivity index (χ2n) is 7.82. The van der Waals surface area contributed by atoms with E-state index in [4.69, 9.17) is 4.52 Å². The van der Waals surface area contributed by atoms with Gasteiger partial charge in [0.15, 0.2) is 11.5 Å². The molecule has 1 saturated heterocycles. The van der Waals surface area contributed by atoms with E-state index < -0.39 is 7.26 Å². The van der Waals surface area contributed by atoms with Crippen molar-refractivity contribution in [1.82, 2.24) is 5.16 Å². The molecule has 1 amide bonds. The minimum absolute atomic E-state index is 0.123. The number of amides is 1. The van der Waals surface area contributed by atoms with E-state index in [1.54, 1.807) is 4.90 Å². The second-order valence-corrected chi connectivity index (χ2v) is 11.4. The summed E-state index contributed by atoms with van der Waals surface area (Å²) in [5, 5.41) is 7.80. The van der Waals surface area contributed by atoms with Crippen molar-refractivity contribution in [2.75, 3.05) is 11.4 Å². The third-order valence-corrected chi connectivity index (χ3v) is 10.8. The van der Waals surface area contributed by atoms with Crippen molar-refractivity contribution in [3.8, 4) is 0 Å². The van der Waals surface area contributed by atoms with E-state index >= 15 is 0 Å². The van der Waals surface area contributed by atoms with Crippen LogP contribution in [0.5, 0.6) is 0 Å². The smallest absolute Gasteiger partial charge is 0.270 e. The Kier molecular flexibility index (Phi) is 5.17. The molecule has 4 nitrogen and oxygen atoms in total. The van der Waals surface area contributed by atoms with Crippen molar-refractivity contribution in [2.45, 2.75) is 19.0 Å². The minimum atomic E-state index is -2.26. The highest BCUT2D eigenvalue weighted by Gasteiger charge is 2.59. The van der Waals surface area contributed by atoms with Crippen molar-refractivity contribution >= 4 is 34.9 Å². The maximum absolute atomic E-state index is 14.0. The van der Waals surface area contributed by atoms with Crippen molar-refractivity contribution in [1.29, 1.82) is 0 Å². The molecule has 1 atom stereocenters. The lowest BCUT2D eigenvalue weighted by Gasteiger charge is -2.31. The van der Waals surface area contributed by atoms with Crippen LogP contribution < -0.4 is 20.8 Å². The molecule has 31 heavy (non-hydrogen) atoms. The van der Waals surface area contributed by atoms with E-state index in [9.17, 15) is 4.79 Å². The Balaban J connectivity index is 1.74. The molecule has 0 bridgehead atoms. The van der Waals surface area contributed by atoms with Gasteiger partial charge in [-0.05, 0) is 43.3 Å². The van der Waals surface area contributed by atoms with E-state index in [-0.39, 0.29) is 11.6 Å². The summed E-state index contributed by atoms with van der Waals surface area (Å²) in [5.74, 6) is 1.44. The Morgan fingerprint density at radius 1 is 0.839 bits per heavy atom. The molecule has 1 aromatic heterocycles. The van der Waals surface area contributed by atoms with Crippen molar-refractivity contribution < 1.29 is 9.32 Å². The van der Waals surface area contributed by atoms with E-state index in [2.05, 4.69) is 78.0 Å². The summed E-state index contributed by atoms with van der Waals surface area (Å²) in [7, 11) is -2.26. The number of carbonyl (C=O) groups is 1. The van der Waals surface area contributed by atoms with Gasteiger partial charge in [0.05, 0.1) is 0 Å². The first kappa shape index (κ1) is 19.7. The summed E-state index contributed by atoms with van der Waals surface area (Å²) in [4.78, 5) is 15.8. The van der Waals surface area contributed by atoms with Crippen molar-refractivity contribution in [3.05, 3.63) is 103 Å². The van der Waals surface area contributed by atoms with Gasteiger partial charge in [-0.15, -0.1) is 0 Å². The van der Waals surface area contributed by atoms with E-state index in [1.807, 2.05) is 31.2 Å². The van der Waals surface area contributed by atoms with Crippen LogP contribution >= 0.6 is 7.26 Å². The summed E-state index contributed by atoms with van der Waals surface area (Å²) < 4.78 is 5.27. The molecule has 0 unspecified atom stereocenters. The molecule has 0 N–H and O–H groups in total. The molecule has 0 spiro atoms. The average Bonchev–Trinajstić information content (AvgIpc) is 3.42. The minimum Gasteiger partial charge on any atom is -0.360 e. The molecule has 5 rings (SSSR count). The Bertz CT molecular complexity index is 1080. The fourth-order valence-electron chi connectivity index (χ4n) is 4.71. The Morgan fingerprint density at radius 2 is 1.32 bits per heavy atom. The first-order valence-corrected chi connectivity index (χ1v) is 12.4. The quantitative estimate of drug-likeness (QED) is 0.451. The number of anilines is 1. The topological polar surface area (TPSA) is 46.3 Å². The lowest BCUT2D eigenvalue weighted by atomic mass is 10.3. The molecule has 4 aromatic rings. The van der Waals surface area contributed by atoms with Crippen LogP contribution in [-0.4, -0.2) is 23.3 Å². The second kappa shape index (κ2) is 8.13. The number of hydrogen-bond donors (Lipinski definition) is 0. The summed E-state index contributed by atoms with van der Waals surface area (Å²) in [5.41, 5.74) is -0.156. The average molecular weight is 427 g/mol. The Morgan fingerprint density at radius 3 is 1.74 bits per heavy atom. The van der Waals surface area contributed by atoms with Gasteiger partial charge in [0.1, 0.15) is 28.9 Å². The van der Waals surface area contributed by atoms with Crippen LogP contribution in [0.2, 0.25) is 0 Å². The largest absolute Gasteiger partial charge is 0.360 e. The number of benzene rings is 3. The zero-order valence-electron chi connectivity index (χ0n) is 17.4. The molecule has 0 saturated carbocycles. The molecule has 0 aliphatic carbocycles. The Hall–Kier alpha value is -3.23. The molecule has 1 aliphatic heterocycles. The van der Waals surface area contributed by atoms with Gasteiger partial charge in [-0.25, -0.2) is 0 Å². The van der Waals surface area contributed by atoms with Gasteiger partial charge in [-0.1, -0.05) is 59.8 Å². The molecule has 0 radical (unpaired) electrons. The van der Waals surface area contributed by atoms with E-state index in [0.29, 0.717) is 18.1 Å². The number of aromatic nitrogens is 1. The molecular weight excluding hydrogens is 403 g/mol. The Labute approximate surface area is 182 Å². The number of aryl methyl sites for hydroxylation is 1. The van der Waals surface area contributed by atoms with Gasteiger partial charge < -0.3 is 4.52 Å². The normalized spacial score (nSPS) is 16.6. The van der Waals surface area contributed by atoms with E-state index in [1.165, 1.54) is 15.9 Å². The van der Waals surface area contributed by atoms with Gasteiger partial charge in [0.2, 0.25) is 0 Å². The van der Waals surface area contributed by atoms with Gasteiger partial charge in [-0.2, -0.15) is 0 Å². The van der Waals surface area contributed by atoms with Crippen LogP contribution in [-0.2, 0) is 4.79 Å². The molecule has 2 heterocycles. The SMILES string of the molecule is Cc1cc(N2CC[C@@H]([P+](c3ccccc3)(c3ccccc3)c3ccccc3)C2=O)no1. The van der Waals surface area contributed by atoms with Crippen molar-refractivity contribution in [3.63, 3.8) is 0 Å². The fourth-order valence-corrected chi connectivity index (χ4v) is 9.58. The van der Waals surface area contributed by atoms with Crippen LogP contribution in [0.3, 0.4) is 0 Å². The summed E-state index contributed by atoms with van der Waals surface area (Å²) in [6, 6.07) is 33.5. The molecule has 5 heteroatoms. The summed E-state index contributed by atoms with van der Waals surface area (Å²) >= 11 is 0. The predicted molar refractivity (Wildman–Crippen MR) is 127 cm³/mol. The van der Waals surface area contributed by atoms with Crippen LogP contribution in [0.25, 0.3) is 0 Å². The summed E-state index contributed by atoms with van der Waals surface area (Å²) in [6.45, 7) is 2.49. The van der Waals surface area contributed by atoms with Crippen LogP contribution in [0, 0.1) is 6.92 Å². The van der Waals surface area contributed by atoms with Crippen molar-refractivity contribution in [2.24, 2.45) is 0 Å².